The highest BCUT2D eigenvalue weighted by molar-refractivity contribution is 7.82. The van der Waals surface area contributed by atoms with Crippen molar-refractivity contribution in [2.24, 2.45) is 5.73 Å². The number of nitrogens with two attached hydrogens (primary N) is 1. The van der Waals surface area contributed by atoms with Crippen LogP contribution in [-0.4, -0.2) is 14.1 Å². The molecule has 1 aromatic carbocycles. The molecule has 0 aliphatic carbocycles. The highest BCUT2D eigenvalue weighted by Gasteiger charge is 2.48. The molecule has 0 saturated carbocycles. The Kier molecular flexibility index (Phi) is 2.31. The van der Waals surface area contributed by atoms with Crippen LogP contribution < -0.4 is 5.73 Å². The van der Waals surface area contributed by atoms with Gasteiger partial charge in [-0.1, -0.05) is 30.3 Å². The third kappa shape index (κ3) is 2.03. The van der Waals surface area contributed by atoms with Crippen LogP contribution >= 0.6 is 0 Å². The van der Waals surface area contributed by atoms with Gasteiger partial charge in [-0.2, -0.15) is 8.42 Å². The highest BCUT2D eigenvalue weighted by atomic mass is 32.3. The average molecular weight is 229 g/mol. The van der Waals surface area contributed by atoms with Gasteiger partial charge in [-0.15, -0.1) is 0 Å². The molecule has 5 nitrogen and oxygen atoms in total. The molecule has 82 valence electrons. The van der Waals surface area contributed by atoms with Gasteiger partial charge in [0.05, 0.1) is 0 Å². The summed E-state index contributed by atoms with van der Waals surface area (Å²) < 4.78 is 31.6. The maximum Gasteiger partial charge on any atom is 0.402 e. The first kappa shape index (κ1) is 10.6. The van der Waals surface area contributed by atoms with Gasteiger partial charge in [0, 0.05) is 0 Å². The van der Waals surface area contributed by atoms with E-state index in [2.05, 4.69) is 4.18 Å². The van der Waals surface area contributed by atoms with Crippen molar-refractivity contribution >= 4 is 10.4 Å². The zero-order chi connectivity index (χ0) is 11.1. The van der Waals surface area contributed by atoms with Crippen molar-refractivity contribution in [2.75, 3.05) is 0 Å². The van der Waals surface area contributed by atoms with Gasteiger partial charge in [-0.05, 0) is 12.5 Å². The molecular formula is C9H11NO4S. The molecule has 0 unspecified atom stereocenters. The standard InChI is InChI=1S/C9H11NO4S/c1-9(10)8(13-15(11,12)14-9)7-5-3-2-4-6-7/h2-6,8H,10H2,1H3/t8-,9+/m0/s1. The second-order valence-electron chi connectivity index (χ2n) is 3.56. The van der Waals surface area contributed by atoms with Crippen molar-refractivity contribution in [1.82, 2.24) is 0 Å². The lowest BCUT2D eigenvalue weighted by Crippen LogP contribution is -2.40. The maximum absolute atomic E-state index is 11.1. The molecule has 1 aromatic rings. The van der Waals surface area contributed by atoms with E-state index in [0.717, 1.165) is 0 Å². The van der Waals surface area contributed by atoms with E-state index in [1.165, 1.54) is 6.92 Å². The Hall–Kier alpha value is -0.950. The molecule has 2 rings (SSSR count). The molecule has 1 aliphatic heterocycles. The Morgan fingerprint density at radius 3 is 2.40 bits per heavy atom. The minimum absolute atomic E-state index is 0.670. The quantitative estimate of drug-likeness (QED) is 0.766. The van der Waals surface area contributed by atoms with Crippen LogP contribution in [0, 0.1) is 0 Å². The maximum atomic E-state index is 11.1. The first-order valence-electron chi connectivity index (χ1n) is 4.38. The third-order valence-corrected chi connectivity index (χ3v) is 3.11. The van der Waals surface area contributed by atoms with E-state index in [-0.39, 0.29) is 0 Å². The fourth-order valence-corrected chi connectivity index (χ4v) is 2.62. The third-order valence-electron chi connectivity index (χ3n) is 2.12. The lowest BCUT2D eigenvalue weighted by Gasteiger charge is -2.20. The Morgan fingerprint density at radius 2 is 1.93 bits per heavy atom. The second-order valence-corrected chi connectivity index (χ2v) is 4.74. The smallest absolute Gasteiger partial charge is 0.300 e. The van der Waals surface area contributed by atoms with Gasteiger partial charge in [0.1, 0.15) is 6.10 Å². The lowest BCUT2D eigenvalue weighted by atomic mass is 10.0. The van der Waals surface area contributed by atoms with Gasteiger partial charge in [0.2, 0.25) is 0 Å². The van der Waals surface area contributed by atoms with Crippen LogP contribution in [0.4, 0.5) is 0 Å². The fraction of sp³-hybridized carbons (Fsp3) is 0.333. The number of benzene rings is 1. The highest BCUT2D eigenvalue weighted by Crippen LogP contribution is 2.38. The first-order valence-corrected chi connectivity index (χ1v) is 5.72. The van der Waals surface area contributed by atoms with E-state index in [9.17, 15) is 8.42 Å². The molecule has 1 aliphatic rings. The largest absolute Gasteiger partial charge is 0.402 e. The summed E-state index contributed by atoms with van der Waals surface area (Å²) in [5.74, 6) is 0. The Labute approximate surface area is 88.1 Å². The predicted molar refractivity (Wildman–Crippen MR) is 52.9 cm³/mol. The summed E-state index contributed by atoms with van der Waals surface area (Å²) in [6.45, 7) is 1.47. The molecule has 0 bridgehead atoms. The monoisotopic (exact) mass is 229 g/mol. The Balaban J connectivity index is 2.40. The summed E-state index contributed by atoms with van der Waals surface area (Å²) in [5.41, 5.74) is 5.01. The summed E-state index contributed by atoms with van der Waals surface area (Å²) in [6, 6.07) is 8.85. The predicted octanol–water partition coefficient (Wildman–Crippen LogP) is 0.694. The van der Waals surface area contributed by atoms with Crippen LogP contribution in [0.2, 0.25) is 0 Å². The molecule has 15 heavy (non-hydrogen) atoms. The second kappa shape index (κ2) is 3.28. The summed E-state index contributed by atoms with van der Waals surface area (Å²) >= 11 is 0. The van der Waals surface area contributed by atoms with Crippen LogP contribution in [0.25, 0.3) is 0 Å². The minimum atomic E-state index is -3.98. The van der Waals surface area contributed by atoms with Gasteiger partial charge < -0.3 is 0 Å². The Bertz CT molecular complexity index is 454. The van der Waals surface area contributed by atoms with Crippen molar-refractivity contribution in [3.05, 3.63) is 35.9 Å². The van der Waals surface area contributed by atoms with E-state index >= 15 is 0 Å². The summed E-state index contributed by atoms with van der Waals surface area (Å²) in [4.78, 5) is 0. The molecule has 1 fully saturated rings. The van der Waals surface area contributed by atoms with Gasteiger partial charge in [0.15, 0.2) is 5.72 Å². The minimum Gasteiger partial charge on any atom is -0.300 e. The SMILES string of the molecule is C[C@@]1(N)OS(=O)(=O)O[C@H]1c1ccccc1. The zero-order valence-corrected chi connectivity index (χ0v) is 8.90. The van der Waals surface area contributed by atoms with Gasteiger partial charge in [-0.25, -0.2) is 8.37 Å². The zero-order valence-electron chi connectivity index (χ0n) is 8.08. The van der Waals surface area contributed by atoms with Crippen molar-refractivity contribution in [3.63, 3.8) is 0 Å². The van der Waals surface area contributed by atoms with Crippen molar-refractivity contribution in [1.29, 1.82) is 0 Å². The number of hydrogen-bond acceptors (Lipinski definition) is 5. The molecule has 6 heteroatoms. The molecule has 1 saturated heterocycles. The molecule has 2 N–H and O–H groups in total. The lowest BCUT2D eigenvalue weighted by molar-refractivity contribution is 0.0609. The van der Waals surface area contributed by atoms with Crippen molar-refractivity contribution in [2.45, 2.75) is 18.8 Å². The van der Waals surface area contributed by atoms with E-state index in [1.54, 1.807) is 24.3 Å². The van der Waals surface area contributed by atoms with Gasteiger partial charge in [0.25, 0.3) is 0 Å². The van der Waals surface area contributed by atoms with E-state index in [4.69, 9.17) is 9.92 Å². The number of rotatable bonds is 1. The van der Waals surface area contributed by atoms with Crippen molar-refractivity contribution < 1.29 is 16.8 Å². The number of hydrogen-bond donors (Lipinski definition) is 1. The molecule has 2 atom stereocenters. The van der Waals surface area contributed by atoms with Gasteiger partial charge in [-0.3, -0.25) is 5.73 Å². The van der Waals surface area contributed by atoms with E-state index < -0.39 is 22.2 Å². The first-order chi connectivity index (χ1) is 6.91. The molecule has 0 spiro atoms. The molecule has 0 radical (unpaired) electrons. The Morgan fingerprint density at radius 1 is 1.33 bits per heavy atom. The summed E-state index contributed by atoms with van der Waals surface area (Å²) in [5, 5.41) is 0. The molecular weight excluding hydrogens is 218 g/mol. The molecule has 1 heterocycles. The average Bonchev–Trinajstić information content (AvgIpc) is 2.36. The van der Waals surface area contributed by atoms with Crippen LogP contribution in [-0.2, 0) is 18.8 Å². The normalized spacial score (nSPS) is 34.1. The van der Waals surface area contributed by atoms with Crippen LogP contribution in [0.3, 0.4) is 0 Å². The van der Waals surface area contributed by atoms with Crippen LogP contribution in [0.15, 0.2) is 30.3 Å². The summed E-state index contributed by atoms with van der Waals surface area (Å²) in [7, 11) is -3.98. The van der Waals surface area contributed by atoms with Gasteiger partial charge >= 0.3 is 10.4 Å². The topological polar surface area (TPSA) is 78.6 Å². The van der Waals surface area contributed by atoms with Crippen LogP contribution in [0.5, 0.6) is 0 Å². The van der Waals surface area contributed by atoms with Crippen molar-refractivity contribution in [3.8, 4) is 0 Å². The van der Waals surface area contributed by atoms with E-state index in [0.29, 0.717) is 5.56 Å². The molecule has 0 amide bonds. The summed E-state index contributed by atoms with van der Waals surface area (Å²) in [6.07, 6.45) is -0.802. The fourth-order valence-electron chi connectivity index (χ4n) is 1.51. The van der Waals surface area contributed by atoms with Crippen LogP contribution in [0.1, 0.15) is 18.6 Å². The van der Waals surface area contributed by atoms with E-state index in [1.807, 2.05) is 6.07 Å². The molecule has 0 aromatic heterocycles.